The van der Waals surface area contributed by atoms with Crippen LogP contribution in [-0.2, 0) is 5.41 Å². The summed E-state index contributed by atoms with van der Waals surface area (Å²) in [5.74, 6) is 1.58. The summed E-state index contributed by atoms with van der Waals surface area (Å²) in [6.07, 6.45) is 3.73. The lowest BCUT2D eigenvalue weighted by molar-refractivity contribution is 0.540. The lowest BCUT2D eigenvalue weighted by Crippen LogP contribution is -2.17. The highest BCUT2D eigenvalue weighted by molar-refractivity contribution is 14.1. The van der Waals surface area contributed by atoms with Gasteiger partial charge in [0.25, 0.3) is 0 Å². The first kappa shape index (κ1) is 12.9. The molecule has 2 heterocycles. The third-order valence-corrected chi connectivity index (χ3v) is 3.10. The second-order valence-electron chi connectivity index (χ2n) is 4.73. The van der Waals surface area contributed by atoms with Crippen molar-refractivity contribution >= 4 is 38.5 Å². The molecule has 0 aromatic carbocycles. The maximum atomic E-state index is 4.54. The molecule has 2 aromatic heterocycles. The molecule has 0 saturated heterocycles. The Morgan fingerprint density at radius 3 is 2.53 bits per heavy atom. The van der Waals surface area contributed by atoms with Gasteiger partial charge in [0.05, 0.1) is 9.77 Å². The van der Waals surface area contributed by atoms with E-state index in [9.17, 15) is 0 Å². The van der Waals surface area contributed by atoms with Gasteiger partial charge in [0.2, 0.25) is 0 Å². The summed E-state index contributed by atoms with van der Waals surface area (Å²) in [6, 6.07) is 1.86. The van der Waals surface area contributed by atoms with Crippen LogP contribution in [0.2, 0.25) is 0 Å². The Balaban J connectivity index is 2.52. The van der Waals surface area contributed by atoms with E-state index < -0.39 is 0 Å². The monoisotopic (exact) mass is 406 g/mol. The highest BCUT2D eigenvalue weighted by Crippen LogP contribution is 2.22. The van der Waals surface area contributed by atoms with Crippen molar-refractivity contribution in [3.05, 3.63) is 32.5 Å². The van der Waals surface area contributed by atoms with Gasteiger partial charge in [-0.25, -0.2) is 14.6 Å². The van der Waals surface area contributed by atoms with Crippen LogP contribution in [0.3, 0.4) is 0 Å². The van der Waals surface area contributed by atoms with Gasteiger partial charge in [-0.1, -0.05) is 20.8 Å². The predicted octanol–water partition coefficient (Wildman–Crippen LogP) is 3.33. The number of aromatic nitrogens is 4. The molecule has 4 nitrogen and oxygen atoms in total. The summed E-state index contributed by atoms with van der Waals surface area (Å²) in [5, 5.41) is 4.25. The molecule has 0 saturated carbocycles. The van der Waals surface area contributed by atoms with Gasteiger partial charge >= 0.3 is 0 Å². The minimum Gasteiger partial charge on any atom is -0.225 e. The molecule has 0 fully saturated rings. The van der Waals surface area contributed by atoms with Gasteiger partial charge < -0.3 is 0 Å². The Bertz CT molecular complexity index is 545. The third-order valence-electron chi connectivity index (χ3n) is 2.14. The summed E-state index contributed by atoms with van der Waals surface area (Å²) in [7, 11) is 0. The summed E-state index contributed by atoms with van der Waals surface area (Å²) in [5.41, 5.74) is -0.0845. The maximum absolute atomic E-state index is 4.54. The average molecular weight is 407 g/mol. The van der Waals surface area contributed by atoms with Crippen molar-refractivity contribution in [3.8, 4) is 5.82 Å². The first-order valence-corrected chi connectivity index (χ1v) is 6.99. The Kier molecular flexibility index (Phi) is 3.53. The van der Waals surface area contributed by atoms with Gasteiger partial charge in [0.1, 0.15) is 10.4 Å². The normalized spacial score (nSPS) is 11.8. The molecule has 2 rings (SSSR count). The summed E-state index contributed by atoms with van der Waals surface area (Å²) >= 11 is 5.64. The minimum atomic E-state index is -0.0845. The van der Waals surface area contributed by atoms with Crippen molar-refractivity contribution in [2.75, 3.05) is 0 Å². The number of rotatable bonds is 1. The van der Waals surface area contributed by atoms with Crippen LogP contribution >= 0.6 is 38.5 Å². The molecule has 90 valence electrons. The van der Waals surface area contributed by atoms with E-state index in [4.69, 9.17) is 0 Å². The van der Waals surface area contributed by atoms with Crippen LogP contribution in [0, 0.1) is 3.57 Å². The van der Waals surface area contributed by atoms with Crippen molar-refractivity contribution in [2.45, 2.75) is 26.2 Å². The molecule has 0 unspecified atom stereocenters. The Morgan fingerprint density at radius 1 is 1.29 bits per heavy atom. The fourth-order valence-corrected chi connectivity index (χ4v) is 2.05. The molecular formula is C11H12BrIN4. The van der Waals surface area contributed by atoms with E-state index in [1.165, 1.54) is 0 Å². The highest BCUT2D eigenvalue weighted by atomic mass is 127. The van der Waals surface area contributed by atoms with Crippen molar-refractivity contribution in [1.82, 2.24) is 19.7 Å². The smallest absolute Gasteiger partial charge is 0.158 e. The quantitative estimate of drug-likeness (QED) is 0.539. The number of hydrogen-bond donors (Lipinski definition) is 0. The van der Waals surface area contributed by atoms with Crippen LogP contribution in [-0.4, -0.2) is 19.7 Å². The van der Waals surface area contributed by atoms with E-state index >= 15 is 0 Å². The molecule has 0 radical (unpaired) electrons. The molecule has 2 aromatic rings. The zero-order valence-electron chi connectivity index (χ0n) is 9.78. The van der Waals surface area contributed by atoms with Gasteiger partial charge in [-0.2, -0.15) is 5.10 Å². The van der Waals surface area contributed by atoms with Crippen LogP contribution in [0.15, 0.2) is 23.1 Å². The van der Waals surface area contributed by atoms with Gasteiger partial charge in [-0.3, -0.25) is 0 Å². The van der Waals surface area contributed by atoms with Gasteiger partial charge in [0.15, 0.2) is 5.82 Å². The fourth-order valence-electron chi connectivity index (χ4n) is 1.28. The maximum Gasteiger partial charge on any atom is 0.158 e. The van der Waals surface area contributed by atoms with Crippen molar-refractivity contribution < 1.29 is 0 Å². The lowest BCUT2D eigenvalue weighted by atomic mass is 9.96. The summed E-state index contributed by atoms with van der Waals surface area (Å²) in [6.45, 7) is 6.27. The van der Waals surface area contributed by atoms with Crippen LogP contribution in [0.4, 0.5) is 0 Å². The zero-order valence-corrected chi connectivity index (χ0v) is 13.5. The Hall–Kier alpha value is -0.500. The van der Waals surface area contributed by atoms with E-state index in [-0.39, 0.29) is 5.41 Å². The van der Waals surface area contributed by atoms with Gasteiger partial charge in [0, 0.05) is 17.7 Å². The van der Waals surface area contributed by atoms with Crippen LogP contribution in [0.25, 0.3) is 5.82 Å². The van der Waals surface area contributed by atoms with Crippen LogP contribution in [0.5, 0.6) is 0 Å². The molecule has 0 N–H and O–H groups in total. The van der Waals surface area contributed by atoms with Gasteiger partial charge in [-0.05, 0) is 38.5 Å². The SMILES string of the molecule is CC(C)(C)c1nc(Br)cc(-n2cc(I)cn2)n1. The van der Waals surface area contributed by atoms with E-state index in [0.717, 1.165) is 19.8 Å². The zero-order chi connectivity index (χ0) is 12.6. The number of nitrogens with zero attached hydrogens (tertiary/aromatic N) is 4. The average Bonchev–Trinajstić information content (AvgIpc) is 2.62. The lowest BCUT2D eigenvalue weighted by Gasteiger charge is -2.17. The van der Waals surface area contributed by atoms with Crippen molar-refractivity contribution in [2.24, 2.45) is 0 Å². The first-order valence-electron chi connectivity index (χ1n) is 5.12. The minimum absolute atomic E-state index is 0.0845. The molecule has 0 aliphatic rings. The second kappa shape index (κ2) is 4.64. The van der Waals surface area contributed by atoms with Crippen LogP contribution in [0.1, 0.15) is 26.6 Å². The summed E-state index contributed by atoms with van der Waals surface area (Å²) in [4.78, 5) is 8.94. The van der Waals surface area contributed by atoms with Gasteiger partial charge in [-0.15, -0.1) is 0 Å². The largest absolute Gasteiger partial charge is 0.225 e. The molecule has 0 amide bonds. The summed E-state index contributed by atoms with van der Waals surface area (Å²) < 4.78 is 3.61. The number of hydrogen-bond acceptors (Lipinski definition) is 3. The standard InChI is InChI=1S/C11H12BrIN4/c1-11(2,3)10-15-8(12)4-9(16-10)17-6-7(13)5-14-17/h4-6H,1-3H3. The predicted molar refractivity (Wildman–Crippen MR) is 78.3 cm³/mol. The molecule has 17 heavy (non-hydrogen) atoms. The topological polar surface area (TPSA) is 43.6 Å². The van der Waals surface area contributed by atoms with E-state index in [0.29, 0.717) is 0 Å². The Labute approximate surface area is 122 Å². The molecular weight excluding hydrogens is 395 g/mol. The molecule has 0 aliphatic carbocycles. The molecule has 0 bridgehead atoms. The van der Waals surface area contributed by atoms with E-state index in [1.807, 2.05) is 12.3 Å². The number of halogens is 2. The van der Waals surface area contributed by atoms with E-state index in [2.05, 4.69) is 74.4 Å². The van der Waals surface area contributed by atoms with Crippen LogP contribution < -0.4 is 0 Å². The fraction of sp³-hybridized carbons (Fsp3) is 0.364. The van der Waals surface area contributed by atoms with Crippen molar-refractivity contribution in [1.29, 1.82) is 0 Å². The molecule has 6 heteroatoms. The molecule has 0 aliphatic heterocycles. The van der Waals surface area contributed by atoms with E-state index in [1.54, 1.807) is 10.9 Å². The second-order valence-corrected chi connectivity index (χ2v) is 6.78. The van der Waals surface area contributed by atoms with Crippen molar-refractivity contribution in [3.63, 3.8) is 0 Å². The molecule has 0 atom stereocenters. The molecule has 0 spiro atoms. The third kappa shape index (κ3) is 3.04. The Morgan fingerprint density at radius 2 is 2.00 bits per heavy atom. The highest BCUT2D eigenvalue weighted by Gasteiger charge is 2.19. The first-order chi connectivity index (χ1) is 7.86.